The van der Waals surface area contributed by atoms with E-state index in [-0.39, 0.29) is 0 Å². The maximum Gasteiger partial charge on any atom is 0.128 e. The van der Waals surface area contributed by atoms with Crippen molar-refractivity contribution in [1.82, 2.24) is 4.98 Å². The highest BCUT2D eigenvalue weighted by atomic mass is 32.2. The lowest BCUT2D eigenvalue weighted by Gasteiger charge is -2.12. The van der Waals surface area contributed by atoms with E-state index in [2.05, 4.69) is 28.8 Å². The molecule has 0 saturated carbocycles. The van der Waals surface area contributed by atoms with Crippen LogP contribution in [0.25, 0.3) is 0 Å². The summed E-state index contributed by atoms with van der Waals surface area (Å²) in [5, 5.41) is 6.36. The fraction of sp³-hybridized carbons (Fsp3) is 0.545. The van der Waals surface area contributed by atoms with Crippen molar-refractivity contribution in [3.05, 3.63) is 18.2 Å². The highest BCUT2D eigenvalue weighted by Gasteiger charge is 2.01. The van der Waals surface area contributed by atoms with Gasteiger partial charge in [0.05, 0.1) is 0 Å². The van der Waals surface area contributed by atoms with Gasteiger partial charge in [-0.25, -0.2) is 4.98 Å². The molecule has 0 radical (unpaired) electrons. The molecule has 1 aromatic heterocycles. The van der Waals surface area contributed by atoms with Crippen molar-refractivity contribution in [2.24, 2.45) is 5.92 Å². The Bertz CT molecular complexity index is 291. The quantitative estimate of drug-likeness (QED) is 0.780. The number of thioether (sulfide) groups is 1. The highest BCUT2D eigenvalue weighted by molar-refractivity contribution is 7.98. The van der Waals surface area contributed by atoms with Crippen molar-refractivity contribution in [3.63, 3.8) is 0 Å². The lowest BCUT2D eigenvalue weighted by molar-refractivity contribution is 0.700. The molecular weight excluding hydrogens is 206 g/mol. The van der Waals surface area contributed by atoms with E-state index in [1.807, 2.05) is 37.0 Å². The van der Waals surface area contributed by atoms with E-state index in [0.717, 1.165) is 18.2 Å². The van der Waals surface area contributed by atoms with Gasteiger partial charge in [-0.15, -0.1) is 0 Å². The van der Waals surface area contributed by atoms with Crippen LogP contribution < -0.4 is 10.6 Å². The van der Waals surface area contributed by atoms with Crippen LogP contribution in [0.15, 0.2) is 18.2 Å². The predicted octanol–water partition coefficient (Wildman–Crippen LogP) is 2.53. The van der Waals surface area contributed by atoms with Gasteiger partial charge in [-0.2, -0.15) is 11.8 Å². The third kappa shape index (κ3) is 4.42. The predicted molar refractivity (Wildman–Crippen MR) is 69.8 cm³/mol. The standard InChI is InChI=1S/C11H19N3S/c1-9(8-15-3)7-13-11-6-4-5-10(12-2)14-11/h4-6,9H,7-8H2,1-3H3,(H2,12,13,14). The number of aromatic nitrogens is 1. The molecule has 0 aliphatic rings. The summed E-state index contributed by atoms with van der Waals surface area (Å²) in [5.41, 5.74) is 0. The molecule has 0 saturated heterocycles. The van der Waals surface area contributed by atoms with Gasteiger partial charge in [0, 0.05) is 13.6 Å². The largest absolute Gasteiger partial charge is 0.373 e. The number of anilines is 2. The number of nitrogens with zero attached hydrogens (tertiary/aromatic N) is 1. The van der Waals surface area contributed by atoms with E-state index in [1.54, 1.807) is 0 Å². The van der Waals surface area contributed by atoms with Gasteiger partial charge >= 0.3 is 0 Å². The minimum atomic E-state index is 0.667. The van der Waals surface area contributed by atoms with Crippen LogP contribution in [0.4, 0.5) is 11.6 Å². The van der Waals surface area contributed by atoms with Gasteiger partial charge < -0.3 is 10.6 Å². The monoisotopic (exact) mass is 225 g/mol. The Balaban J connectivity index is 2.43. The van der Waals surface area contributed by atoms with Gasteiger partial charge in [0.25, 0.3) is 0 Å². The van der Waals surface area contributed by atoms with Crippen LogP contribution in [0.3, 0.4) is 0 Å². The molecule has 1 rings (SSSR count). The molecule has 0 amide bonds. The van der Waals surface area contributed by atoms with E-state index in [4.69, 9.17) is 0 Å². The topological polar surface area (TPSA) is 37.0 Å². The molecule has 0 spiro atoms. The van der Waals surface area contributed by atoms with Gasteiger partial charge in [-0.05, 0) is 30.1 Å². The van der Waals surface area contributed by atoms with Gasteiger partial charge in [0.15, 0.2) is 0 Å². The minimum absolute atomic E-state index is 0.667. The maximum absolute atomic E-state index is 4.39. The molecule has 0 aliphatic carbocycles. The van der Waals surface area contributed by atoms with Crippen LogP contribution in [-0.4, -0.2) is 30.6 Å². The second-order valence-electron chi connectivity index (χ2n) is 3.60. The van der Waals surface area contributed by atoms with Gasteiger partial charge in [0.1, 0.15) is 11.6 Å². The molecule has 15 heavy (non-hydrogen) atoms. The minimum Gasteiger partial charge on any atom is -0.373 e. The van der Waals surface area contributed by atoms with Crippen LogP contribution in [0, 0.1) is 5.92 Å². The first kappa shape index (κ1) is 12.2. The van der Waals surface area contributed by atoms with Crippen molar-refractivity contribution in [2.75, 3.05) is 36.2 Å². The van der Waals surface area contributed by atoms with E-state index in [9.17, 15) is 0 Å². The Morgan fingerprint density at radius 1 is 1.40 bits per heavy atom. The molecule has 2 N–H and O–H groups in total. The summed E-state index contributed by atoms with van der Waals surface area (Å²) in [6, 6.07) is 5.95. The third-order valence-corrected chi connectivity index (χ3v) is 2.99. The molecule has 84 valence electrons. The smallest absolute Gasteiger partial charge is 0.128 e. The Labute approximate surface area is 96.1 Å². The van der Waals surface area contributed by atoms with E-state index in [1.165, 1.54) is 5.75 Å². The summed E-state index contributed by atoms with van der Waals surface area (Å²) < 4.78 is 0. The first-order chi connectivity index (χ1) is 7.26. The van der Waals surface area contributed by atoms with Gasteiger partial charge in [-0.3, -0.25) is 0 Å². The van der Waals surface area contributed by atoms with E-state index >= 15 is 0 Å². The van der Waals surface area contributed by atoms with Crippen molar-refractivity contribution >= 4 is 23.4 Å². The van der Waals surface area contributed by atoms with Crippen LogP contribution in [0.2, 0.25) is 0 Å². The fourth-order valence-electron chi connectivity index (χ4n) is 1.29. The molecule has 0 aliphatic heterocycles. The molecule has 4 heteroatoms. The zero-order valence-corrected chi connectivity index (χ0v) is 10.4. The molecule has 0 aromatic carbocycles. The van der Waals surface area contributed by atoms with E-state index < -0.39 is 0 Å². The first-order valence-corrected chi connectivity index (χ1v) is 6.53. The SMILES string of the molecule is CNc1cccc(NCC(C)CSC)n1. The second kappa shape index (κ2) is 6.56. The summed E-state index contributed by atoms with van der Waals surface area (Å²) in [7, 11) is 1.88. The zero-order valence-electron chi connectivity index (χ0n) is 9.58. The first-order valence-electron chi connectivity index (χ1n) is 5.14. The Morgan fingerprint density at radius 3 is 2.80 bits per heavy atom. The zero-order chi connectivity index (χ0) is 11.1. The Morgan fingerprint density at radius 2 is 2.13 bits per heavy atom. The summed E-state index contributed by atoms with van der Waals surface area (Å²) in [6.07, 6.45) is 2.14. The lowest BCUT2D eigenvalue weighted by Crippen LogP contribution is -2.14. The van der Waals surface area contributed by atoms with Gasteiger partial charge in [0.2, 0.25) is 0 Å². The van der Waals surface area contributed by atoms with Gasteiger partial charge in [-0.1, -0.05) is 13.0 Å². The second-order valence-corrected chi connectivity index (χ2v) is 4.51. The van der Waals surface area contributed by atoms with Crippen LogP contribution in [-0.2, 0) is 0 Å². The summed E-state index contributed by atoms with van der Waals surface area (Å²) in [5.74, 6) is 3.69. The number of hydrogen-bond donors (Lipinski definition) is 2. The fourth-order valence-corrected chi connectivity index (χ4v) is 1.98. The summed E-state index contributed by atoms with van der Waals surface area (Å²) in [4.78, 5) is 4.39. The van der Waals surface area contributed by atoms with Crippen LogP contribution >= 0.6 is 11.8 Å². The van der Waals surface area contributed by atoms with Crippen LogP contribution in [0.5, 0.6) is 0 Å². The Kier molecular flexibility index (Phi) is 5.32. The number of rotatable bonds is 6. The van der Waals surface area contributed by atoms with Crippen molar-refractivity contribution in [3.8, 4) is 0 Å². The molecule has 3 nitrogen and oxygen atoms in total. The number of hydrogen-bond acceptors (Lipinski definition) is 4. The molecule has 1 aromatic rings. The lowest BCUT2D eigenvalue weighted by atomic mass is 10.2. The molecule has 0 fully saturated rings. The third-order valence-electron chi connectivity index (χ3n) is 2.09. The molecule has 1 unspecified atom stereocenters. The molecule has 0 bridgehead atoms. The average Bonchev–Trinajstić information content (AvgIpc) is 2.27. The van der Waals surface area contributed by atoms with Crippen molar-refractivity contribution in [2.45, 2.75) is 6.92 Å². The van der Waals surface area contributed by atoms with Crippen molar-refractivity contribution < 1.29 is 0 Å². The summed E-state index contributed by atoms with van der Waals surface area (Å²) in [6.45, 7) is 3.21. The Hall–Kier alpha value is -0.900. The summed E-state index contributed by atoms with van der Waals surface area (Å²) >= 11 is 1.88. The molecular formula is C11H19N3S. The number of nitrogens with one attached hydrogen (secondary N) is 2. The molecule has 1 atom stereocenters. The average molecular weight is 225 g/mol. The van der Waals surface area contributed by atoms with Crippen LogP contribution in [0.1, 0.15) is 6.92 Å². The maximum atomic E-state index is 4.39. The van der Waals surface area contributed by atoms with Crippen molar-refractivity contribution in [1.29, 1.82) is 0 Å². The number of pyridine rings is 1. The normalized spacial score (nSPS) is 12.2. The molecule has 1 heterocycles. The highest BCUT2D eigenvalue weighted by Crippen LogP contribution is 2.10. The van der Waals surface area contributed by atoms with E-state index in [0.29, 0.717) is 5.92 Å².